The molecule has 3 aliphatic rings. The molecule has 0 saturated carbocycles. The summed E-state index contributed by atoms with van der Waals surface area (Å²) in [6.45, 7) is 12.9. The van der Waals surface area contributed by atoms with Crippen LogP contribution in [0.5, 0.6) is 0 Å². The van der Waals surface area contributed by atoms with Gasteiger partial charge < -0.3 is 24.8 Å². The third-order valence-electron chi connectivity index (χ3n) is 7.10. The van der Waals surface area contributed by atoms with E-state index in [4.69, 9.17) is 14.6 Å². The van der Waals surface area contributed by atoms with Crippen molar-refractivity contribution in [2.24, 2.45) is 17.3 Å². The predicted molar refractivity (Wildman–Crippen MR) is 123 cm³/mol. The molecule has 0 aromatic carbocycles. The zero-order valence-electron chi connectivity index (χ0n) is 21.1. The van der Waals surface area contributed by atoms with E-state index >= 15 is 0 Å². The lowest BCUT2D eigenvalue weighted by atomic mass is 9.70. The Balaban J connectivity index is 1.90. The molecule has 2 amide bonds. The fourth-order valence-electron chi connectivity index (χ4n) is 6.54. The minimum atomic E-state index is -0.988. The highest BCUT2D eigenvalue weighted by Crippen LogP contribution is 2.58. The number of carbonyl (C=O) groups is 3. The lowest BCUT2D eigenvalue weighted by molar-refractivity contribution is -0.154. The van der Waals surface area contributed by atoms with E-state index in [0.29, 0.717) is 32.2 Å². The predicted octanol–water partition coefficient (Wildman–Crippen LogP) is 2.42. The van der Waals surface area contributed by atoms with Crippen LogP contribution in [0.1, 0.15) is 80.1 Å². The molecule has 2 bridgehead atoms. The second-order valence-corrected chi connectivity index (χ2v) is 11.7. The summed E-state index contributed by atoms with van der Waals surface area (Å²) in [7, 11) is 0. The van der Waals surface area contributed by atoms with Gasteiger partial charge in [-0.3, -0.25) is 14.4 Å². The fourth-order valence-corrected chi connectivity index (χ4v) is 6.54. The van der Waals surface area contributed by atoms with Gasteiger partial charge in [0.2, 0.25) is 11.8 Å². The summed E-state index contributed by atoms with van der Waals surface area (Å²) in [6.07, 6.45) is 3.69. The molecule has 5 atom stereocenters. The number of nitrogens with one attached hydrogen (secondary N) is 1. The van der Waals surface area contributed by atoms with Crippen molar-refractivity contribution in [3.8, 4) is 0 Å². The van der Waals surface area contributed by atoms with E-state index in [1.807, 2.05) is 13.8 Å². The molecule has 188 valence electrons. The highest BCUT2D eigenvalue weighted by atomic mass is 16.6. The summed E-state index contributed by atoms with van der Waals surface area (Å²) in [5, 5.41) is 12.3. The molecule has 0 aromatic rings. The standard InChI is InChI=1S/C25H42N2O6/c1-7-32-22(31)17-16-11-12-25(33-16)18(17)21(30)27(13-9-8-10-14-28)19(25)20(29)26-24(5,6)15-23(2,3)4/h16-19,28H,7-15H2,1-6H3,(H,26,29)/t16-,17+,18-,19?,25?/m0/s1. The zero-order valence-corrected chi connectivity index (χ0v) is 21.1. The first kappa shape index (κ1) is 25.9. The molecule has 8 nitrogen and oxygen atoms in total. The van der Waals surface area contributed by atoms with Crippen molar-refractivity contribution in [3.05, 3.63) is 0 Å². The van der Waals surface area contributed by atoms with Crippen LogP contribution in [0.3, 0.4) is 0 Å². The van der Waals surface area contributed by atoms with Crippen LogP contribution < -0.4 is 5.32 Å². The van der Waals surface area contributed by atoms with Crippen LogP contribution in [-0.4, -0.2) is 70.8 Å². The SMILES string of the molecule is CCOC(=O)[C@@H]1[C@@H]2CCC3(O2)C(C(=O)NC(C)(C)CC(C)(C)C)N(CCCCCO)C(=O)[C@H]13. The molecule has 3 heterocycles. The van der Waals surface area contributed by atoms with Gasteiger partial charge in [-0.1, -0.05) is 20.8 Å². The van der Waals surface area contributed by atoms with Gasteiger partial charge in [0.05, 0.1) is 24.5 Å². The lowest BCUT2D eigenvalue weighted by Gasteiger charge is -2.38. The first-order valence-corrected chi connectivity index (χ1v) is 12.4. The summed E-state index contributed by atoms with van der Waals surface area (Å²) in [4.78, 5) is 41.9. The first-order chi connectivity index (χ1) is 15.4. The number of nitrogens with zero attached hydrogens (tertiary/aromatic N) is 1. The van der Waals surface area contributed by atoms with Crippen LogP contribution in [0.2, 0.25) is 0 Å². The number of aliphatic hydroxyl groups excluding tert-OH is 1. The molecule has 3 rings (SSSR count). The van der Waals surface area contributed by atoms with Gasteiger partial charge in [-0.05, 0) is 64.7 Å². The van der Waals surface area contributed by atoms with E-state index in [0.717, 1.165) is 12.8 Å². The number of carbonyl (C=O) groups excluding carboxylic acids is 3. The zero-order chi connectivity index (χ0) is 24.6. The Kier molecular flexibility index (Phi) is 7.49. The molecule has 2 unspecified atom stereocenters. The maximum atomic E-state index is 13.8. The number of esters is 1. The minimum Gasteiger partial charge on any atom is -0.466 e. The smallest absolute Gasteiger partial charge is 0.312 e. The van der Waals surface area contributed by atoms with E-state index in [-0.39, 0.29) is 36.5 Å². The van der Waals surface area contributed by atoms with Gasteiger partial charge in [0.15, 0.2) is 0 Å². The van der Waals surface area contributed by atoms with Crippen LogP contribution in [-0.2, 0) is 23.9 Å². The second kappa shape index (κ2) is 9.53. The number of unbranched alkanes of at least 4 members (excludes halogenated alkanes) is 2. The molecule has 2 N–H and O–H groups in total. The van der Waals surface area contributed by atoms with Crippen molar-refractivity contribution in [2.45, 2.75) is 103 Å². The van der Waals surface area contributed by atoms with Gasteiger partial charge in [0, 0.05) is 18.7 Å². The normalized spacial score (nSPS) is 31.1. The van der Waals surface area contributed by atoms with Gasteiger partial charge in [0.25, 0.3) is 0 Å². The fraction of sp³-hybridized carbons (Fsp3) is 0.880. The molecule has 8 heteroatoms. The van der Waals surface area contributed by atoms with Crippen molar-refractivity contribution in [3.63, 3.8) is 0 Å². The number of aliphatic hydroxyl groups is 1. The van der Waals surface area contributed by atoms with Crippen LogP contribution in [0.25, 0.3) is 0 Å². The van der Waals surface area contributed by atoms with Gasteiger partial charge in [-0.15, -0.1) is 0 Å². The highest BCUT2D eigenvalue weighted by Gasteiger charge is 2.74. The summed E-state index contributed by atoms with van der Waals surface area (Å²) in [5.74, 6) is -2.15. The van der Waals surface area contributed by atoms with E-state index in [2.05, 4.69) is 26.1 Å². The van der Waals surface area contributed by atoms with Gasteiger partial charge in [-0.25, -0.2) is 0 Å². The van der Waals surface area contributed by atoms with Crippen molar-refractivity contribution in [2.75, 3.05) is 19.8 Å². The van der Waals surface area contributed by atoms with Gasteiger partial charge >= 0.3 is 5.97 Å². The largest absolute Gasteiger partial charge is 0.466 e. The average Bonchev–Trinajstić information content (AvgIpc) is 3.30. The minimum absolute atomic E-state index is 0.0183. The molecule has 3 aliphatic heterocycles. The Hall–Kier alpha value is -1.67. The van der Waals surface area contributed by atoms with Crippen molar-refractivity contribution >= 4 is 17.8 Å². The van der Waals surface area contributed by atoms with Crippen LogP contribution in [0.4, 0.5) is 0 Å². The molecule has 33 heavy (non-hydrogen) atoms. The van der Waals surface area contributed by atoms with E-state index < -0.39 is 35.0 Å². The van der Waals surface area contributed by atoms with E-state index in [1.165, 1.54) is 0 Å². The van der Waals surface area contributed by atoms with Crippen molar-refractivity contribution < 1.29 is 29.0 Å². The Bertz CT molecular complexity index is 760. The number of hydrogen-bond donors (Lipinski definition) is 2. The van der Waals surface area contributed by atoms with E-state index in [1.54, 1.807) is 11.8 Å². The van der Waals surface area contributed by atoms with E-state index in [9.17, 15) is 14.4 Å². The van der Waals surface area contributed by atoms with Crippen molar-refractivity contribution in [1.82, 2.24) is 10.2 Å². The summed E-state index contributed by atoms with van der Waals surface area (Å²) in [5.41, 5.74) is -1.44. The quantitative estimate of drug-likeness (QED) is 0.378. The summed E-state index contributed by atoms with van der Waals surface area (Å²) >= 11 is 0. The Morgan fingerprint density at radius 3 is 2.52 bits per heavy atom. The Labute approximate surface area is 197 Å². The summed E-state index contributed by atoms with van der Waals surface area (Å²) in [6, 6.07) is -0.771. The number of hydrogen-bond acceptors (Lipinski definition) is 6. The molecule has 3 saturated heterocycles. The molecule has 0 aromatic heterocycles. The number of likely N-dealkylation sites (tertiary alicyclic amines) is 1. The molecule has 0 aliphatic carbocycles. The lowest BCUT2D eigenvalue weighted by Crippen LogP contribution is -2.59. The maximum absolute atomic E-state index is 13.8. The third kappa shape index (κ3) is 5.06. The Morgan fingerprint density at radius 2 is 1.91 bits per heavy atom. The number of amides is 2. The molecule has 1 spiro atoms. The number of fused-ring (bicyclic) bond motifs is 1. The van der Waals surface area contributed by atoms with Gasteiger partial charge in [-0.2, -0.15) is 0 Å². The second-order valence-electron chi connectivity index (χ2n) is 11.7. The van der Waals surface area contributed by atoms with Crippen molar-refractivity contribution in [1.29, 1.82) is 0 Å². The summed E-state index contributed by atoms with van der Waals surface area (Å²) < 4.78 is 11.7. The van der Waals surface area contributed by atoms with Gasteiger partial charge in [0.1, 0.15) is 11.6 Å². The first-order valence-electron chi connectivity index (χ1n) is 12.4. The molecule has 3 fully saturated rings. The highest BCUT2D eigenvalue weighted by molar-refractivity contribution is 5.98. The number of ether oxygens (including phenoxy) is 2. The monoisotopic (exact) mass is 466 g/mol. The third-order valence-corrected chi connectivity index (χ3v) is 7.10. The number of rotatable bonds is 10. The molecule has 0 radical (unpaired) electrons. The maximum Gasteiger partial charge on any atom is 0.312 e. The van der Waals surface area contributed by atoms with Crippen LogP contribution in [0.15, 0.2) is 0 Å². The molecular formula is C25H42N2O6. The molecular weight excluding hydrogens is 424 g/mol. The van der Waals surface area contributed by atoms with Crippen LogP contribution in [0, 0.1) is 17.3 Å². The topological polar surface area (TPSA) is 105 Å². The Morgan fingerprint density at radius 1 is 1.21 bits per heavy atom. The van der Waals surface area contributed by atoms with Crippen LogP contribution >= 0.6 is 0 Å². The average molecular weight is 467 g/mol.